The Bertz CT molecular complexity index is 944. The van der Waals surface area contributed by atoms with Crippen molar-refractivity contribution >= 4 is 11.6 Å². The Labute approximate surface area is 154 Å². The second-order valence-electron chi connectivity index (χ2n) is 6.02. The van der Waals surface area contributed by atoms with Crippen LogP contribution in [0.25, 0.3) is 0 Å². The summed E-state index contributed by atoms with van der Waals surface area (Å²) in [4.78, 5) is 14.7. The third kappa shape index (κ3) is 3.36. The second kappa shape index (κ2) is 7.11. The van der Waals surface area contributed by atoms with Crippen molar-refractivity contribution in [2.75, 3.05) is 5.32 Å². The minimum atomic E-state index is -2.96. The first-order valence-corrected chi connectivity index (χ1v) is 8.36. The first kappa shape index (κ1) is 17.1. The number of carbonyl (C=O) groups is 1. The molecule has 2 aromatic carbocycles. The number of nitrogens with zero attached hydrogens (tertiary/aromatic N) is 1. The Hall–Kier alpha value is -3.35. The van der Waals surface area contributed by atoms with Crippen LogP contribution in [-0.2, 0) is 6.54 Å². The van der Waals surface area contributed by atoms with Crippen molar-refractivity contribution < 1.29 is 22.7 Å². The number of amides is 1. The number of nitrogens with one attached hydrogen (secondary N) is 1. The summed E-state index contributed by atoms with van der Waals surface area (Å²) in [7, 11) is 0. The fourth-order valence-electron chi connectivity index (χ4n) is 3.18. The van der Waals surface area contributed by atoms with E-state index in [2.05, 4.69) is 10.1 Å². The lowest BCUT2D eigenvalue weighted by Gasteiger charge is -2.38. The minimum Gasteiger partial charge on any atom is -0.467 e. The number of halogens is 2. The maximum absolute atomic E-state index is 13.1. The van der Waals surface area contributed by atoms with E-state index < -0.39 is 12.8 Å². The number of benzene rings is 2. The molecule has 27 heavy (non-hydrogen) atoms. The van der Waals surface area contributed by atoms with E-state index in [1.54, 1.807) is 54.6 Å². The van der Waals surface area contributed by atoms with Gasteiger partial charge in [0.25, 0.3) is 5.91 Å². The molecule has 1 amide bonds. The van der Waals surface area contributed by atoms with E-state index >= 15 is 0 Å². The zero-order valence-corrected chi connectivity index (χ0v) is 14.1. The van der Waals surface area contributed by atoms with Crippen molar-refractivity contribution in [1.29, 1.82) is 0 Å². The first-order valence-electron chi connectivity index (χ1n) is 8.36. The van der Waals surface area contributed by atoms with E-state index in [0.717, 1.165) is 0 Å². The smallest absolute Gasteiger partial charge is 0.387 e. The average molecular weight is 370 g/mol. The van der Waals surface area contributed by atoms with Gasteiger partial charge in [-0.05, 0) is 30.3 Å². The second-order valence-corrected chi connectivity index (χ2v) is 6.02. The van der Waals surface area contributed by atoms with Crippen molar-refractivity contribution in [3.63, 3.8) is 0 Å². The highest BCUT2D eigenvalue weighted by atomic mass is 19.3. The van der Waals surface area contributed by atoms with Crippen LogP contribution in [0.2, 0.25) is 0 Å². The predicted molar refractivity (Wildman–Crippen MR) is 94.5 cm³/mol. The number of hydrogen-bond donors (Lipinski definition) is 1. The first-order chi connectivity index (χ1) is 13.1. The van der Waals surface area contributed by atoms with Crippen LogP contribution in [0.3, 0.4) is 0 Å². The third-order valence-electron chi connectivity index (χ3n) is 4.36. The summed E-state index contributed by atoms with van der Waals surface area (Å²) in [6, 6.07) is 17.0. The van der Waals surface area contributed by atoms with Crippen molar-refractivity contribution in [3.05, 3.63) is 83.8 Å². The van der Waals surface area contributed by atoms with E-state index in [1.807, 2.05) is 0 Å². The van der Waals surface area contributed by atoms with Crippen LogP contribution >= 0.6 is 0 Å². The molecule has 7 heteroatoms. The topological polar surface area (TPSA) is 54.7 Å². The number of carbonyl (C=O) groups excluding carboxylic acids is 1. The fourth-order valence-corrected chi connectivity index (χ4v) is 3.18. The van der Waals surface area contributed by atoms with Gasteiger partial charge < -0.3 is 19.4 Å². The molecule has 0 fully saturated rings. The summed E-state index contributed by atoms with van der Waals surface area (Å²) in [6.45, 7) is -2.78. The predicted octanol–water partition coefficient (Wildman–Crippen LogP) is 4.65. The van der Waals surface area contributed by atoms with Crippen molar-refractivity contribution in [2.24, 2.45) is 0 Å². The molecule has 2 heterocycles. The molecule has 1 aliphatic heterocycles. The fraction of sp³-hybridized carbons (Fsp3) is 0.150. The summed E-state index contributed by atoms with van der Waals surface area (Å²) < 4.78 is 35.7. The molecule has 3 aromatic rings. The maximum atomic E-state index is 13.1. The van der Waals surface area contributed by atoms with Crippen LogP contribution in [-0.4, -0.2) is 17.4 Å². The Morgan fingerprint density at radius 2 is 1.85 bits per heavy atom. The van der Waals surface area contributed by atoms with Gasteiger partial charge in [-0.3, -0.25) is 4.79 Å². The number of fused-ring (bicyclic) bond motifs is 1. The number of anilines is 1. The summed E-state index contributed by atoms with van der Waals surface area (Å²) in [5.74, 6) is 0.376. The van der Waals surface area contributed by atoms with Crippen LogP contribution in [0.1, 0.15) is 27.8 Å². The van der Waals surface area contributed by atoms with Crippen LogP contribution in [0.4, 0.5) is 14.5 Å². The maximum Gasteiger partial charge on any atom is 0.387 e. The lowest BCUT2D eigenvalue weighted by Crippen LogP contribution is -2.42. The van der Waals surface area contributed by atoms with Gasteiger partial charge in [-0.25, -0.2) is 0 Å². The highest BCUT2D eigenvalue weighted by Crippen LogP contribution is 2.38. The molecule has 1 N–H and O–H groups in total. The minimum absolute atomic E-state index is 0.0154. The molecule has 1 aromatic heterocycles. The number of rotatable bonds is 5. The molecule has 0 radical (unpaired) electrons. The number of ether oxygens (including phenoxy) is 1. The molecule has 4 rings (SSSR count). The van der Waals surface area contributed by atoms with Gasteiger partial charge in [0.1, 0.15) is 17.7 Å². The highest BCUT2D eigenvalue weighted by molar-refractivity contribution is 6.01. The third-order valence-corrected chi connectivity index (χ3v) is 4.36. The molecule has 1 aliphatic rings. The van der Waals surface area contributed by atoms with Gasteiger partial charge in [0.15, 0.2) is 0 Å². The van der Waals surface area contributed by atoms with E-state index in [0.29, 0.717) is 22.6 Å². The van der Waals surface area contributed by atoms with Gasteiger partial charge in [-0.15, -0.1) is 0 Å². The van der Waals surface area contributed by atoms with E-state index in [-0.39, 0.29) is 18.2 Å². The van der Waals surface area contributed by atoms with Gasteiger partial charge in [0.05, 0.1) is 18.4 Å². The summed E-state index contributed by atoms with van der Waals surface area (Å²) in [5.41, 5.74) is 1.58. The van der Waals surface area contributed by atoms with Crippen molar-refractivity contribution in [2.45, 2.75) is 19.3 Å². The number of furan rings is 1. The molecule has 0 saturated carbocycles. The molecule has 0 aliphatic carbocycles. The number of alkyl halides is 2. The number of para-hydroxylation sites is 2. The van der Waals surface area contributed by atoms with E-state index in [9.17, 15) is 13.6 Å². The van der Waals surface area contributed by atoms with Gasteiger partial charge in [0, 0.05) is 11.3 Å². The van der Waals surface area contributed by atoms with E-state index in [4.69, 9.17) is 4.42 Å². The SMILES string of the molecule is O=C1c2ccccc2NC(c2ccccc2OC(F)F)N1Cc1ccco1. The van der Waals surface area contributed by atoms with Crippen LogP contribution in [0.5, 0.6) is 5.75 Å². The van der Waals surface area contributed by atoms with Crippen LogP contribution < -0.4 is 10.1 Å². The average Bonchev–Trinajstić information content (AvgIpc) is 3.17. The molecular weight excluding hydrogens is 354 g/mol. The van der Waals surface area contributed by atoms with Gasteiger partial charge in [-0.1, -0.05) is 30.3 Å². The molecule has 1 atom stereocenters. The normalized spacial score (nSPS) is 16.2. The molecule has 0 bridgehead atoms. The summed E-state index contributed by atoms with van der Waals surface area (Å²) in [6.07, 6.45) is 0.834. The Morgan fingerprint density at radius 3 is 2.63 bits per heavy atom. The zero-order valence-electron chi connectivity index (χ0n) is 14.1. The lowest BCUT2D eigenvalue weighted by atomic mass is 10.0. The van der Waals surface area contributed by atoms with Gasteiger partial charge >= 0.3 is 6.61 Å². The van der Waals surface area contributed by atoms with Gasteiger partial charge in [-0.2, -0.15) is 8.78 Å². The Kier molecular flexibility index (Phi) is 4.50. The number of hydrogen-bond acceptors (Lipinski definition) is 4. The van der Waals surface area contributed by atoms with Crippen molar-refractivity contribution in [1.82, 2.24) is 4.90 Å². The molecular formula is C20H16F2N2O3. The zero-order chi connectivity index (χ0) is 18.8. The van der Waals surface area contributed by atoms with Crippen LogP contribution in [0.15, 0.2) is 71.3 Å². The van der Waals surface area contributed by atoms with Crippen molar-refractivity contribution in [3.8, 4) is 5.75 Å². The van der Waals surface area contributed by atoms with Crippen LogP contribution in [0, 0.1) is 0 Å². The summed E-state index contributed by atoms with van der Waals surface area (Å²) in [5, 5.41) is 3.26. The molecule has 5 nitrogen and oxygen atoms in total. The van der Waals surface area contributed by atoms with Gasteiger partial charge in [0.2, 0.25) is 0 Å². The largest absolute Gasteiger partial charge is 0.467 e. The molecule has 0 spiro atoms. The Morgan fingerprint density at radius 1 is 1.07 bits per heavy atom. The monoisotopic (exact) mass is 370 g/mol. The molecule has 138 valence electrons. The molecule has 1 unspecified atom stereocenters. The highest BCUT2D eigenvalue weighted by Gasteiger charge is 2.35. The lowest BCUT2D eigenvalue weighted by molar-refractivity contribution is -0.0510. The standard InChI is InChI=1S/C20H16F2N2O3/c21-20(22)27-17-10-4-2-8-15(17)18-23-16-9-3-1-7-14(16)19(25)24(18)12-13-6-5-11-26-13/h1-11,18,20,23H,12H2. The summed E-state index contributed by atoms with van der Waals surface area (Å²) >= 11 is 0. The Balaban J connectivity index is 1.78. The van der Waals surface area contributed by atoms with E-state index in [1.165, 1.54) is 17.2 Å². The quantitative estimate of drug-likeness (QED) is 0.710. The molecule has 0 saturated heterocycles.